The number of anilines is 1. The van der Waals surface area contributed by atoms with Gasteiger partial charge in [0.05, 0.1) is 12.8 Å². The van der Waals surface area contributed by atoms with Crippen molar-refractivity contribution in [2.75, 3.05) is 25.5 Å². The molecular weight excluding hydrogens is 378 g/mol. The fourth-order valence-corrected chi connectivity index (χ4v) is 5.29. The number of likely N-dealkylation sites (tertiary alicyclic amines) is 1. The summed E-state index contributed by atoms with van der Waals surface area (Å²) < 4.78 is 33.5. The number of hydrogen-bond donors (Lipinski definition) is 2. The summed E-state index contributed by atoms with van der Waals surface area (Å²) >= 11 is 0. The van der Waals surface area contributed by atoms with Crippen molar-refractivity contribution in [2.24, 2.45) is 0 Å². The number of aryl methyl sites for hydroxylation is 1. The van der Waals surface area contributed by atoms with Crippen LogP contribution in [-0.2, 0) is 10.0 Å². The zero-order chi connectivity index (χ0) is 19.9. The van der Waals surface area contributed by atoms with Crippen molar-refractivity contribution in [3.8, 4) is 5.75 Å². The smallest absolute Gasteiger partial charge is 0.253 e. The molecule has 2 heterocycles. The number of fused-ring (bicyclic) bond motifs is 1. The molecule has 7 nitrogen and oxygen atoms in total. The first-order chi connectivity index (χ1) is 13.3. The third-order valence-corrected chi connectivity index (χ3v) is 6.98. The molecule has 0 bridgehead atoms. The summed E-state index contributed by atoms with van der Waals surface area (Å²) in [5.41, 5.74) is 1.47. The van der Waals surface area contributed by atoms with E-state index < -0.39 is 15.7 Å². The molecule has 1 saturated heterocycles. The molecule has 1 amide bonds. The van der Waals surface area contributed by atoms with Gasteiger partial charge in [-0.15, -0.1) is 0 Å². The number of methoxy groups -OCH3 is 1. The number of sulfonamides is 1. The lowest BCUT2D eigenvalue weighted by Gasteiger charge is -2.45. The minimum atomic E-state index is -3.64. The number of nitrogens with zero attached hydrogens (tertiary/aromatic N) is 1. The Labute approximate surface area is 164 Å². The molecule has 148 valence electrons. The zero-order valence-electron chi connectivity index (χ0n) is 15.9. The van der Waals surface area contributed by atoms with Crippen LogP contribution in [0.4, 0.5) is 5.69 Å². The van der Waals surface area contributed by atoms with E-state index in [-0.39, 0.29) is 10.8 Å². The van der Waals surface area contributed by atoms with Crippen LogP contribution < -0.4 is 14.8 Å². The van der Waals surface area contributed by atoms with Gasteiger partial charge in [0.15, 0.2) is 0 Å². The monoisotopic (exact) mass is 401 g/mol. The Hall–Kier alpha value is -2.58. The van der Waals surface area contributed by atoms with Gasteiger partial charge in [-0.25, -0.2) is 8.42 Å². The molecule has 0 radical (unpaired) electrons. The molecule has 28 heavy (non-hydrogen) atoms. The number of amides is 1. The molecule has 1 fully saturated rings. The highest BCUT2D eigenvalue weighted by molar-refractivity contribution is 7.89. The zero-order valence-corrected chi connectivity index (χ0v) is 16.7. The first kappa shape index (κ1) is 18.8. The van der Waals surface area contributed by atoms with Crippen LogP contribution >= 0.6 is 0 Å². The number of ether oxygens (including phenoxy) is 1. The molecule has 0 atom stereocenters. The summed E-state index contributed by atoms with van der Waals surface area (Å²) in [6.45, 7) is 2.90. The first-order valence-corrected chi connectivity index (χ1v) is 10.7. The van der Waals surface area contributed by atoms with Crippen LogP contribution in [0.15, 0.2) is 47.4 Å². The molecule has 2 aromatic rings. The van der Waals surface area contributed by atoms with Crippen molar-refractivity contribution in [1.29, 1.82) is 0 Å². The van der Waals surface area contributed by atoms with E-state index in [9.17, 15) is 13.2 Å². The Morgan fingerprint density at radius 2 is 1.79 bits per heavy atom. The number of carbonyl (C=O) groups is 1. The Bertz CT molecular complexity index is 1010. The standard InChI is InChI=1S/C20H23N3O4S/c1-14-3-5-15(6-4-14)19(24)23-11-9-20(10-12-23)21-17-13-16(27-2)7-8-18(17)28(25,26)22-20/h3-8,13,21-22H,9-12H2,1-2H3. The highest BCUT2D eigenvalue weighted by atomic mass is 32.2. The van der Waals surface area contributed by atoms with Gasteiger partial charge >= 0.3 is 0 Å². The molecule has 2 aliphatic heterocycles. The molecule has 4 rings (SSSR count). The fourth-order valence-electron chi connectivity index (χ4n) is 3.76. The van der Waals surface area contributed by atoms with E-state index in [4.69, 9.17) is 4.74 Å². The van der Waals surface area contributed by atoms with Crippen molar-refractivity contribution in [3.63, 3.8) is 0 Å². The van der Waals surface area contributed by atoms with Gasteiger partial charge in [-0.3, -0.25) is 4.79 Å². The summed E-state index contributed by atoms with van der Waals surface area (Å²) in [5.74, 6) is 0.557. The van der Waals surface area contributed by atoms with Crippen LogP contribution in [-0.4, -0.2) is 45.1 Å². The Kier molecular flexibility index (Phi) is 4.55. The minimum absolute atomic E-state index is 0.0319. The second kappa shape index (κ2) is 6.79. The van der Waals surface area contributed by atoms with Gasteiger partial charge in [0.1, 0.15) is 16.3 Å². The molecule has 2 aliphatic rings. The number of hydrogen-bond acceptors (Lipinski definition) is 5. The van der Waals surface area contributed by atoms with Gasteiger partial charge in [-0.2, -0.15) is 4.72 Å². The van der Waals surface area contributed by atoms with Gasteiger partial charge in [0.25, 0.3) is 5.91 Å². The van der Waals surface area contributed by atoms with Crippen molar-refractivity contribution in [1.82, 2.24) is 9.62 Å². The normalized spacial score (nSPS) is 19.6. The topological polar surface area (TPSA) is 87.7 Å². The molecule has 0 aromatic heterocycles. The Balaban J connectivity index is 1.53. The van der Waals surface area contributed by atoms with Crippen LogP contribution in [0.2, 0.25) is 0 Å². The molecule has 1 spiro atoms. The van der Waals surface area contributed by atoms with E-state index >= 15 is 0 Å². The number of carbonyl (C=O) groups excluding carboxylic acids is 1. The first-order valence-electron chi connectivity index (χ1n) is 9.18. The maximum atomic E-state index is 12.7. The Morgan fingerprint density at radius 1 is 1.11 bits per heavy atom. The second-order valence-corrected chi connectivity index (χ2v) is 8.98. The average molecular weight is 401 g/mol. The van der Waals surface area contributed by atoms with E-state index in [2.05, 4.69) is 10.0 Å². The third kappa shape index (κ3) is 3.33. The summed E-state index contributed by atoms with van der Waals surface area (Å²) in [5, 5.41) is 3.34. The SMILES string of the molecule is COc1ccc2c(c1)NC1(CCN(C(=O)c3ccc(C)cc3)CC1)NS2(=O)=O. The minimum Gasteiger partial charge on any atom is -0.497 e. The van der Waals surface area contributed by atoms with Crippen molar-refractivity contribution < 1.29 is 17.9 Å². The highest BCUT2D eigenvalue weighted by Crippen LogP contribution is 2.37. The molecule has 0 saturated carbocycles. The largest absolute Gasteiger partial charge is 0.497 e. The van der Waals surface area contributed by atoms with E-state index in [1.165, 1.54) is 6.07 Å². The predicted octanol–water partition coefficient (Wildman–Crippen LogP) is 2.34. The number of nitrogens with one attached hydrogen (secondary N) is 2. The van der Waals surface area contributed by atoms with Crippen LogP contribution in [0.3, 0.4) is 0 Å². The van der Waals surface area contributed by atoms with Crippen LogP contribution in [0, 0.1) is 6.92 Å². The van der Waals surface area contributed by atoms with Gasteiger partial charge in [0.2, 0.25) is 10.0 Å². The van der Waals surface area contributed by atoms with E-state index in [0.29, 0.717) is 42.9 Å². The second-order valence-electron chi connectivity index (χ2n) is 7.33. The summed E-state index contributed by atoms with van der Waals surface area (Å²) in [6.07, 6.45) is 0.945. The third-order valence-electron chi connectivity index (χ3n) is 5.38. The van der Waals surface area contributed by atoms with E-state index in [1.807, 2.05) is 31.2 Å². The number of benzene rings is 2. The lowest BCUT2D eigenvalue weighted by molar-refractivity contribution is 0.0676. The van der Waals surface area contributed by atoms with Crippen LogP contribution in [0.1, 0.15) is 28.8 Å². The van der Waals surface area contributed by atoms with E-state index in [0.717, 1.165) is 5.56 Å². The van der Waals surface area contributed by atoms with Crippen molar-refractivity contribution in [3.05, 3.63) is 53.6 Å². The Morgan fingerprint density at radius 3 is 2.43 bits per heavy atom. The lowest BCUT2D eigenvalue weighted by atomic mass is 9.96. The van der Waals surface area contributed by atoms with Gasteiger partial charge in [-0.05, 0) is 31.2 Å². The summed E-state index contributed by atoms with van der Waals surface area (Å²) in [6, 6.07) is 12.3. The lowest BCUT2D eigenvalue weighted by Crippen LogP contribution is -2.62. The molecule has 2 aromatic carbocycles. The molecule has 8 heteroatoms. The van der Waals surface area contributed by atoms with Gasteiger partial charge in [-0.1, -0.05) is 17.7 Å². The quantitative estimate of drug-likeness (QED) is 0.807. The van der Waals surface area contributed by atoms with Crippen molar-refractivity contribution >= 4 is 21.6 Å². The van der Waals surface area contributed by atoms with Gasteiger partial charge < -0.3 is 15.0 Å². The molecule has 0 unspecified atom stereocenters. The van der Waals surface area contributed by atoms with Crippen molar-refractivity contribution in [2.45, 2.75) is 30.3 Å². The summed E-state index contributed by atoms with van der Waals surface area (Å²) in [4.78, 5) is 14.7. The maximum absolute atomic E-state index is 12.7. The summed E-state index contributed by atoms with van der Waals surface area (Å²) in [7, 11) is -2.10. The predicted molar refractivity (Wildman–Crippen MR) is 106 cm³/mol. The maximum Gasteiger partial charge on any atom is 0.253 e. The van der Waals surface area contributed by atoms with Gasteiger partial charge in [0, 0.05) is 37.6 Å². The van der Waals surface area contributed by atoms with Crippen LogP contribution in [0.5, 0.6) is 5.75 Å². The fraction of sp³-hybridized carbons (Fsp3) is 0.350. The number of piperidine rings is 1. The molecular formula is C20H23N3O4S. The highest BCUT2D eigenvalue weighted by Gasteiger charge is 2.44. The average Bonchev–Trinajstić information content (AvgIpc) is 2.67. The number of rotatable bonds is 2. The van der Waals surface area contributed by atoms with E-state index in [1.54, 1.807) is 24.1 Å². The molecule has 0 aliphatic carbocycles. The van der Waals surface area contributed by atoms with Crippen LogP contribution in [0.25, 0.3) is 0 Å². The molecule has 2 N–H and O–H groups in total.